The van der Waals surface area contributed by atoms with Crippen molar-refractivity contribution in [1.82, 2.24) is 9.88 Å². The fourth-order valence-corrected chi connectivity index (χ4v) is 2.35. The van der Waals surface area contributed by atoms with Crippen molar-refractivity contribution in [1.29, 1.82) is 0 Å². The van der Waals surface area contributed by atoms with E-state index in [2.05, 4.69) is 5.32 Å². The molecule has 1 aromatic carbocycles. The topological polar surface area (TPSA) is 52.5 Å². The fraction of sp³-hybridized carbons (Fsp3) is 0.353. The van der Waals surface area contributed by atoms with Crippen molar-refractivity contribution < 1.29 is 9.47 Å². The van der Waals surface area contributed by atoms with Gasteiger partial charge in [0.1, 0.15) is 5.75 Å². The Morgan fingerprint density at radius 3 is 2.64 bits per heavy atom. The highest BCUT2D eigenvalue weighted by atomic mass is 16.5. The number of ether oxygens (including phenoxy) is 2. The second-order valence-corrected chi connectivity index (χ2v) is 4.98. The van der Waals surface area contributed by atoms with Crippen molar-refractivity contribution in [2.45, 2.75) is 6.54 Å². The molecule has 0 unspecified atom stereocenters. The molecule has 0 aliphatic heterocycles. The van der Waals surface area contributed by atoms with E-state index in [1.165, 1.54) is 0 Å². The van der Waals surface area contributed by atoms with E-state index in [1.54, 1.807) is 25.8 Å². The van der Waals surface area contributed by atoms with Crippen molar-refractivity contribution in [3.8, 4) is 17.0 Å². The largest absolute Gasteiger partial charge is 0.496 e. The maximum Gasteiger partial charge on any atom is 0.255 e. The highest BCUT2D eigenvalue weighted by molar-refractivity contribution is 5.67. The van der Waals surface area contributed by atoms with Crippen LogP contribution < -0.4 is 15.6 Å². The maximum atomic E-state index is 12.5. The summed E-state index contributed by atoms with van der Waals surface area (Å²) in [7, 11) is 5.07. The lowest BCUT2D eigenvalue weighted by Gasteiger charge is -2.13. The van der Waals surface area contributed by atoms with Crippen LogP contribution in [0.4, 0.5) is 0 Å². The summed E-state index contributed by atoms with van der Waals surface area (Å²) < 4.78 is 12.0. The van der Waals surface area contributed by atoms with E-state index < -0.39 is 0 Å². The molecule has 1 N–H and O–H groups in total. The molecule has 5 nitrogen and oxygen atoms in total. The number of methoxy groups -OCH3 is 2. The molecule has 118 valence electrons. The van der Waals surface area contributed by atoms with Crippen molar-refractivity contribution >= 4 is 0 Å². The number of hydrogen-bond acceptors (Lipinski definition) is 4. The predicted molar refractivity (Wildman–Crippen MR) is 87.3 cm³/mol. The number of hydrogen-bond donors (Lipinski definition) is 1. The van der Waals surface area contributed by atoms with E-state index in [4.69, 9.17) is 9.47 Å². The minimum absolute atomic E-state index is 0.00618. The van der Waals surface area contributed by atoms with E-state index in [9.17, 15) is 4.79 Å². The van der Waals surface area contributed by atoms with Crippen LogP contribution in [0.3, 0.4) is 0 Å². The van der Waals surface area contributed by atoms with Crippen molar-refractivity contribution in [2.75, 3.05) is 27.4 Å². The van der Waals surface area contributed by atoms with E-state index in [0.29, 0.717) is 19.7 Å². The minimum atomic E-state index is -0.00618. The molecule has 2 rings (SSSR count). The molecule has 0 spiro atoms. The summed E-state index contributed by atoms with van der Waals surface area (Å²) in [5, 5.41) is 3.19. The number of benzene rings is 1. The first-order valence-corrected chi connectivity index (χ1v) is 7.21. The monoisotopic (exact) mass is 302 g/mol. The van der Waals surface area contributed by atoms with Crippen molar-refractivity contribution in [3.05, 3.63) is 52.3 Å². The molecule has 0 amide bonds. The molecular weight excluding hydrogens is 280 g/mol. The Bertz CT molecular complexity index is 680. The Hall–Kier alpha value is -2.11. The highest BCUT2D eigenvalue weighted by Crippen LogP contribution is 2.28. The molecule has 22 heavy (non-hydrogen) atoms. The smallest absolute Gasteiger partial charge is 0.255 e. The van der Waals surface area contributed by atoms with Crippen molar-refractivity contribution in [2.24, 2.45) is 7.05 Å². The first kappa shape index (κ1) is 16.3. The van der Waals surface area contributed by atoms with E-state index in [1.807, 2.05) is 36.4 Å². The van der Waals surface area contributed by atoms with Crippen LogP contribution >= 0.6 is 0 Å². The van der Waals surface area contributed by atoms with Crippen LogP contribution in [0, 0.1) is 0 Å². The summed E-state index contributed by atoms with van der Waals surface area (Å²) in [5.74, 6) is 0.753. The second-order valence-electron chi connectivity index (χ2n) is 4.98. The number of rotatable bonds is 7. The Morgan fingerprint density at radius 1 is 1.14 bits per heavy atom. The summed E-state index contributed by atoms with van der Waals surface area (Å²) in [4.78, 5) is 12.5. The summed E-state index contributed by atoms with van der Waals surface area (Å²) >= 11 is 0. The van der Waals surface area contributed by atoms with Gasteiger partial charge < -0.3 is 19.4 Å². The lowest BCUT2D eigenvalue weighted by molar-refractivity contribution is 0.199. The molecule has 0 radical (unpaired) electrons. The normalized spacial score (nSPS) is 10.7. The lowest BCUT2D eigenvalue weighted by Crippen LogP contribution is -2.27. The number of aromatic nitrogens is 1. The van der Waals surface area contributed by atoms with Crippen LogP contribution in [0.5, 0.6) is 5.75 Å². The first-order valence-electron chi connectivity index (χ1n) is 7.21. The predicted octanol–water partition coefficient (Wildman–Crippen LogP) is 1.80. The molecule has 0 atom stereocenters. The third-order valence-corrected chi connectivity index (χ3v) is 3.56. The lowest BCUT2D eigenvalue weighted by atomic mass is 10.1. The standard InChI is InChI=1S/C17H22N2O3/c1-19-15(14-6-4-5-7-16(14)22-3)9-8-13(17(19)20)12-18-10-11-21-2/h4-9,18H,10-12H2,1-3H3. The zero-order valence-corrected chi connectivity index (χ0v) is 13.3. The number of pyridine rings is 1. The van der Waals surface area contributed by atoms with Crippen LogP contribution in [0.15, 0.2) is 41.2 Å². The maximum absolute atomic E-state index is 12.5. The molecule has 0 aliphatic rings. The Balaban J connectivity index is 2.29. The number of para-hydroxylation sites is 1. The van der Waals surface area contributed by atoms with E-state index in [0.717, 1.165) is 22.6 Å². The van der Waals surface area contributed by atoms with E-state index in [-0.39, 0.29) is 5.56 Å². The van der Waals surface area contributed by atoms with Gasteiger partial charge in [-0.05, 0) is 18.2 Å². The first-order chi connectivity index (χ1) is 10.7. The van der Waals surface area contributed by atoms with Gasteiger partial charge in [-0.2, -0.15) is 0 Å². The minimum Gasteiger partial charge on any atom is -0.496 e. The van der Waals surface area contributed by atoms with Gasteiger partial charge in [0.05, 0.1) is 19.4 Å². The van der Waals surface area contributed by atoms with Crippen LogP contribution in [-0.2, 0) is 18.3 Å². The van der Waals surface area contributed by atoms with Gasteiger partial charge in [-0.15, -0.1) is 0 Å². The Kier molecular flexibility index (Phi) is 5.75. The van der Waals surface area contributed by atoms with Gasteiger partial charge in [0.15, 0.2) is 0 Å². The van der Waals surface area contributed by atoms with Crippen LogP contribution in [0.2, 0.25) is 0 Å². The Labute approximate surface area is 130 Å². The number of nitrogens with one attached hydrogen (secondary N) is 1. The summed E-state index contributed by atoms with van der Waals surface area (Å²) in [5.41, 5.74) is 2.47. The van der Waals surface area contributed by atoms with Gasteiger partial charge in [0, 0.05) is 38.4 Å². The summed E-state index contributed by atoms with van der Waals surface area (Å²) in [6, 6.07) is 11.5. The molecule has 0 saturated heterocycles. The van der Waals surface area contributed by atoms with Crippen LogP contribution in [0.1, 0.15) is 5.56 Å². The number of nitrogens with zero attached hydrogens (tertiary/aromatic N) is 1. The summed E-state index contributed by atoms with van der Waals surface area (Å²) in [6.45, 7) is 1.87. The molecule has 5 heteroatoms. The second kappa shape index (κ2) is 7.77. The molecular formula is C17H22N2O3. The van der Waals surface area contributed by atoms with Gasteiger partial charge in [0.2, 0.25) is 0 Å². The van der Waals surface area contributed by atoms with Crippen LogP contribution in [-0.4, -0.2) is 31.9 Å². The van der Waals surface area contributed by atoms with Gasteiger partial charge in [-0.1, -0.05) is 18.2 Å². The summed E-state index contributed by atoms with van der Waals surface area (Å²) in [6.07, 6.45) is 0. The molecule has 1 heterocycles. The van der Waals surface area contributed by atoms with Gasteiger partial charge in [-0.25, -0.2) is 0 Å². The molecule has 1 aromatic heterocycles. The van der Waals surface area contributed by atoms with Gasteiger partial charge in [-0.3, -0.25) is 4.79 Å². The Morgan fingerprint density at radius 2 is 1.91 bits per heavy atom. The zero-order chi connectivity index (χ0) is 15.9. The molecule has 0 fully saturated rings. The molecule has 2 aromatic rings. The van der Waals surface area contributed by atoms with E-state index >= 15 is 0 Å². The van der Waals surface area contributed by atoms with Crippen molar-refractivity contribution in [3.63, 3.8) is 0 Å². The third-order valence-electron chi connectivity index (χ3n) is 3.56. The highest BCUT2D eigenvalue weighted by Gasteiger charge is 2.11. The molecule has 0 bridgehead atoms. The fourth-order valence-electron chi connectivity index (χ4n) is 2.35. The SMILES string of the molecule is COCCNCc1ccc(-c2ccccc2OC)n(C)c1=O. The quantitative estimate of drug-likeness (QED) is 0.792. The third kappa shape index (κ3) is 3.55. The van der Waals surface area contributed by atoms with Gasteiger partial charge >= 0.3 is 0 Å². The average molecular weight is 302 g/mol. The zero-order valence-electron chi connectivity index (χ0n) is 13.3. The average Bonchev–Trinajstić information content (AvgIpc) is 2.55. The molecule has 0 aliphatic carbocycles. The van der Waals surface area contributed by atoms with Gasteiger partial charge in [0.25, 0.3) is 5.56 Å². The van der Waals surface area contributed by atoms with Crippen LogP contribution in [0.25, 0.3) is 11.3 Å². The molecule has 0 saturated carbocycles.